The van der Waals surface area contributed by atoms with Crippen LogP contribution in [0.25, 0.3) is 11.2 Å². The van der Waals surface area contributed by atoms with Gasteiger partial charge in [0.15, 0.2) is 11.2 Å². The Balaban J connectivity index is 1.73. The number of rotatable bonds is 3. The lowest BCUT2D eigenvalue weighted by Crippen LogP contribution is -2.40. The van der Waals surface area contributed by atoms with Crippen molar-refractivity contribution < 1.29 is 4.39 Å². The summed E-state index contributed by atoms with van der Waals surface area (Å²) in [6.07, 6.45) is 0. The molecule has 0 saturated heterocycles. The van der Waals surface area contributed by atoms with Crippen LogP contribution in [-0.4, -0.2) is 25.2 Å². The van der Waals surface area contributed by atoms with Gasteiger partial charge in [-0.15, -0.1) is 0 Å². The minimum Gasteiger partial charge on any atom is -0.312 e. The van der Waals surface area contributed by atoms with Gasteiger partial charge >= 0.3 is 5.69 Å². The summed E-state index contributed by atoms with van der Waals surface area (Å²) in [4.78, 5) is 33.3. The lowest BCUT2D eigenvalue weighted by atomic mass is 10.1. The molecule has 0 amide bonds. The van der Waals surface area contributed by atoms with Crippen LogP contribution in [0.4, 0.5) is 16.0 Å². The minimum absolute atomic E-state index is 0.200. The summed E-state index contributed by atoms with van der Waals surface area (Å²) in [5.74, 6) is 0.505. The van der Waals surface area contributed by atoms with E-state index in [1.165, 1.54) is 21.3 Å². The fourth-order valence-corrected chi connectivity index (χ4v) is 4.44. The largest absolute Gasteiger partial charge is 0.332 e. The Bertz CT molecular complexity index is 1450. The zero-order valence-electron chi connectivity index (χ0n) is 18.2. The van der Waals surface area contributed by atoms with Gasteiger partial charge in [-0.3, -0.25) is 13.9 Å². The summed E-state index contributed by atoms with van der Waals surface area (Å²) < 4.78 is 18.1. The zero-order valence-corrected chi connectivity index (χ0v) is 18.2. The smallest absolute Gasteiger partial charge is 0.312 e. The van der Waals surface area contributed by atoms with Crippen molar-refractivity contribution in [2.75, 3.05) is 11.4 Å². The van der Waals surface area contributed by atoms with Gasteiger partial charge in [0, 0.05) is 25.8 Å². The van der Waals surface area contributed by atoms with Gasteiger partial charge in [-0.1, -0.05) is 31.2 Å². The Morgan fingerprint density at radius 2 is 1.78 bits per heavy atom. The third kappa shape index (κ3) is 3.14. The Morgan fingerprint density at radius 1 is 1.06 bits per heavy atom. The highest BCUT2D eigenvalue weighted by molar-refractivity contribution is 5.77. The second kappa shape index (κ2) is 7.47. The number of benzene rings is 2. The van der Waals surface area contributed by atoms with Gasteiger partial charge in [-0.05, 0) is 48.2 Å². The third-order valence-electron chi connectivity index (χ3n) is 6.17. The lowest BCUT2D eigenvalue weighted by molar-refractivity contribution is 0.458. The highest BCUT2D eigenvalue weighted by Crippen LogP contribution is 2.32. The molecule has 3 heterocycles. The first-order chi connectivity index (χ1) is 15.3. The van der Waals surface area contributed by atoms with Crippen LogP contribution in [-0.2, 0) is 20.1 Å². The Hall–Kier alpha value is -3.68. The minimum atomic E-state index is -0.400. The molecule has 2 aromatic heterocycles. The predicted octanol–water partition coefficient (Wildman–Crippen LogP) is 3.18. The molecule has 4 aromatic rings. The van der Waals surface area contributed by atoms with E-state index in [1.807, 2.05) is 40.7 Å². The molecular weight excluding hydrogens is 409 g/mol. The maximum atomic E-state index is 13.6. The molecule has 0 aliphatic carbocycles. The van der Waals surface area contributed by atoms with E-state index in [2.05, 4.69) is 6.92 Å². The number of fused-ring (bicyclic) bond motifs is 3. The highest BCUT2D eigenvalue weighted by Gasteiger charge is 2.29. The second-order valence-corrected chi connectivity index (χ2v) is 8.55. The van der Waals surface area contributed by atoms with E-state index in [-0.39, 0.29) is 23.8 Å². The fourth-order valence-electron chi connectivity index (χ4n) is 4.44. The van der Waals surface area contributed by atoms with Crippen molar-refractivity contribution in [1.82, 2.24) is 18.7 Å². The molecule has 1 aliphatic heterocycles. The summed E-state index contributed by atoms with van der Waals surface area (Å²) in [5, 5.41) is 0. The van der Waals surface area contributed by atoms with Crippen molar-refractivity contribution in [3.05, 3.63) is 86.3 Å². The molecule has 0 radical (unpaired) electrons. The third-order valence-corrected chi connectivity index (χ3v) is 6.17. The Labute approximate surface area is 184 Å². The van der Waals surface area contributed by atoms with Crippen molar-refractivity contribution >= 4 is 22.8 Å². The van der Waals surface area contributed by atoms with E-state index >= 15 is 0 Å². The van der Waals surface area contributed by atoms with Gasteiger partial charge in [0.05, 0.1) is 6.54 Å². The van der Waals surface area contributed by atoms with Crippen molar-refractivity contribution in [1.29, 1.82) is 0 Å². The molecule has 2 aromatic carbocycles. The van der Waals surface area contributed by atoms with E-state index in [0.29, 0.717) is 30.2 Å². The highest BCUT2D eigenvalue weighted by atomic mass is 19.1. The van der Waals surface area contributed by atoms with Gasteiger partial charge < -0.3 is 9.47 Å². The molecule has 1 unspecified atom stereocenters. The van der Waals surface area contributed by atoms with Gasteiger partial charge in [-0.25, -0.2) is 9.18 Å². The zero-order chi connectivity index (χ0) is 22.6. The van der Waals surface area contributed by atoms with E-state index in [4.69, 9.17) is 4.98 Å². The molecule has 0 N–H and O–H groups in total. The molecule has 32 heavy (non-hydrogen) atoms. The van der Waals surface area contributed by atoms with Crippen LogP contribution in [0.15, 0.2) is 58.1 Å². The first-order valence-electron chi connectivity index (χ1n) is 10.6. The van der Waals surface area contributed by atoms with Crippen LogP contribution in [0.1, 0.15) is 18.1 Å². The van der Waals surface area contributed by atoms with Gasteiger partial charge in [0.25, 0.3) is 5.56 Å². The number of nitrogens with zero attached hydrogens (tertiary/aromatic N) is 5. The number of aryl methyl sites for hydroxylation is 2. The van der Waals surface area contributed by atoms with Gasteiger partial charge in [-0.2, -0.15) is 4.98 Å². The summed E-state index contributed by atoms with van der Waals surface area (Å²) in [5.41, 5.74) is 2.76. The monoisotopic (exact) mass is 433 g/mol. The normalized spacial score (nSPS) is 15.9. The average molecular weight is 433 g/mol. The summed E-state index contributed by atoms with van der Waals surface area (Å²) in [6.45, 7) is 5.55. The number of halogens is 1. The van der Waals surface area contributed by atoms with Crippen LogP contribution in [0.3, 0.4) is 0 Å². The van der Waals surface area contributed by atoms with Crippen LogP contribution >= 0.6 is 0 Å². The van der Waals surface area contributed by atoms with Gasteiger partial charge in [0.2, 0.25) is 5.95 Å². The molecular formula is C24H24FN5O2. The summed E-state index contributed by atoms with van der Waals surface area (Å²) >= 11 is 0. The van der Waals surface area contributed by atoms with E-state index in [1.54, 1.807) is 19.2 Å². The standard InChI is InChI=1S/C24H24FN5O2/c1-15-12-28(19-10-8-18(25)9-11-19)23-26-21-20(29(23)13-15)22(31)30(24(32)27(21)3)14-17-7-5-4-6-16(17)2/h4-11,15H,12-14H2,1-3H3. The molecule has 0 fully saturated rings. The number of imidazole rings is 1. The molecule has 0 bridgehead atoms. The SMILES string of the molecule is Cc1ccccc1Cn1c(=O)c2c(nc3n2CC(C)CN3c2ccc(F)cc2)n(C)c1=O. The van der Waals surface area contributed by atoms with Crippen LogP contribution in [0.2, 0.25) is 0 Å². The maximum absolute atomic E-state index is 13.6. The number of anilines is 2. The van der Waals surface area contributed by atoms with E-state index in [0.717, 1.165) is 16.8 Å². The van der Waals surface area contributed by atoms with Crippen LogP contribution in [0.5, 0.6) is 0 Å². The molecule has 7 nitrogen and oxygen atoms in total. The fraction of sp³-hybridized carbons (Fsp3) is 0.292. The van der Waals surface area contributed by atoms with E-state index < -0.39 is 5.69 Å². The number of aromatic nitrogens is 4. The summed E-state index contributed by atoms with van der Waals surface area (Å²) in [6, 6.07) is 13.9. The van der Waals surface area contributed by atoms with Crippen molar-refractivity contribution in [2.24, 2.45) is 13.0 Å². The van der Waals surface area contributed by atoms with E-state index in [9.17, 15) is 14.0 Å². The summed E-state index contributed by atoms with van der Waals surface area (Å²) in [7, 11) is 1.64. The predicted molar refractivity (Wildman–Crippen MR) is 122 cm³/mol. The Morgan fingerprint density at radius 3 is 2.50 bits per heavy atom. The molecule has 0 saturated carbocycles. The van der Waals surface area contributed by atoms with Crippen molar-refractivity contribution in [3.8, 4) is 0 Å². The first-order valence-corrected chi connectivity index (χ1v) is 10.6. The average Bonchev–Trinajstić information content (AvgIpc) is 3.16. The molecule has 164 valence electrons. The number of hydrogen-bond donors (Lipinski definition) is 0. The van der Waals surface area contributed by atoms with Crippen molar-refractivity contribution in [3.63, 3.8) is 0 Å². The van der Waals surface area contributed by atoms with Crippen LogP contribution < -0.4 is 16.1 Å². The van der Waals surface area contributed by atoms with Crippen LogP contribution in [0, 0.1) is 18.7 Å². The van der Waals surface area contributed by atoms with Gasteiger partial charge in [0.1, 0.15) is 5.82 Å². The number of hydrogen-bond acceptors (Lipinski definition) is 4. The maximum Gasteiger partial charge on any atom is 0.332 e. The molecule has 5 rings (SSSR count). The lowest BCUT2D eigenvalue weighted by Gasteiger charge is -2.32. The quantitative estimate of drug-likeness (QED) is 0.498. The molecule has 0 spiro atoms. The molecule has 1 aliphatic rings. The first kappa shape index (κ1) is 20.2. The van der Waals surface area contributed by atoms with Crippen molar-refractivity contribution in [2.45, 2.75) is 26.9 Å². The second-order valence-electron chi connectivity index (χ2n) is 8.55. The molecule has 8 heteroatoms. The molecule has 1 atom stereocenters. The topological polar surface area (TPSA) is 65.1 Å². The Kier molecular flexibility index (Phi) is 4.73.